The Hall–Kier alpha value is -1.80. The Morgan fingerprint density at radius 3 is 2.34 bits per heavy atom. The van der Waals surface area contributed by atoms with Gasteiger partial charge in [0.15, 0.2) is 11.5 Å². The molecule has 3 fully saturated rings. The number of benzene rings is 1. The van der Waals surface area contributed by atoms with Crippen molar-refractivity contribution in [1.82, 2.24) is 9.21 Å². The topological polar surface area (TPSA) is 76.2 Å². The number of amides is 1. The molecule has 3 aliphatic rings. The first kappa shape index (κ1) is 20.5. The largest absolute Gasteiger partial charge is 0.493 e. The number of nitrogens with zero attached hydrogens (tertiary/aromatic N) is 2. The first-order valence-electron chi connectivity index (χ1n) is 10.4. The van der Waals surface area contributed by atoms with Crippen LogP contribution in [-0.2, 0) is 14.8 Å². The second-order valence-electron chi connectivity index (χ2n) is 8.44. The van der Waals surface area contributed by atoms with Crippen LogP contribution in [0.3, 0.4) is 0 Å². The number of carbonyl (C=O) groups excluding carboxylic acids is 1. The van der Waals surface area contributed by atoms with Crippen LogP contribution in [0.25, 0.3) is 0 Å². The molecule has 160 valence electrons. The van der Waals surface area contributed by atoms with Crippen LogP contribution in [0.4, 0.5) is 0 Å². The normalized spacial score (nSPS) is 27.2. The van der Waals surface area contributed by atoms with E-state index in [0.29, 0.717) is 50.0 Å². The van der Waals surface area contributed by atoms with Crippen molar-refractivity contribution in [2.24, 2.45) is 17.8 Å². The van der Waals surface area contributed by atoms with Crippen LogP contribution < -0.4 is 9.47 Å². The molecule has 2 saturated carbocycles. The summed E-state index contributed by atoms with van der Waals surface area (Å²) in [7, 11) is -0.644. The summed E-state index contributed by atoms with van der Waals surface area (Å²) in [5.74, 6) is 3.16. The van der Waals surface area contributed by atoms with Gasteiger partial charge in [0.2, 0.25) is 15.9 Å². The standard InChI is InChI=1S/C21H30N2O5S/c1-27-19-6-5-18(14-20(19)28-2)29(25,26)23-9-7-22(8-10-23)21(24)13-17-12-15-3-4-16(17)11-15/h5-6,14-17H,3-4,7-13H2,1-2H3/t15-,16+,17+/m0/s1. The molecule has 1 amide bonds. The van der Waals surface area contributed by atoms with Crippen molar-refractivity contribution < 1.29 is 22.7 Å². The van der Waals surface area contributed by atoms with Crippen LogP contribution in [0.1, 0.15) is 32.1 Å². The number of ether oxygens (including phenoxy) is 2. The number of methoxy groups -OCH3 is 2. The number of hydrogen-bond donors (Lipinski definition) is 0. The van der Waals surface area contributed by atoms with E-state index in [1.54, 1.807) is 6.07 Å². The number of carbonyl (C=O) groups is 1. The molecule has 0 aromatic heterocycles. The fourth-order valence-electron chi connectivity index (χ4n) is 5.28. The highest BCUT2D eigenvalue weighted by atomic mass is 32.2. The van der Waals surface area contributed by atoms with Crippen molar-refractivity contribution in [3.05, 3.63) is 18.2 Å². The molecule has 0 radical (unpaired) electrons. The lowest BCUT2D eigenvalue weighted by Gasteiger charge is -2.35. The van der Waals surface area contributed by atoms with Crippen molar-refractivity contribution >= 4 is 15.9 Å². The molecule has 29 heavy (non-hydrogen) atoms. The summed E-state index contributed by atoms with van der Waals surface area (Å²) in [6, 6.07) is 4.62. The van der Waals surface area contributed by atoms with Gasteiger partial charge < -0.3 is 14.4 Å². The number of piperazine rings is 1. The third-order valence-electron chi connectivity index (χ3n) is 6.91. The van der Waals surface area contributed by atoms with E-state index in [0.717, 1.165) is 11.8 Å². The van der Waals surface area contributed by atoms with Crippen molar-refractivity contribution in [2.75, 3.05) is 40.4 Å². The van der Waals surface area contributed by atoms with E-state index in [4.69, 9.17) is 9.47 Å². The molecular formula is C21H30N2O5S. The third-order valence-corrected chi connectivity index (χ3v) is 8.80. The number of rotatable bonds is 6. The molecule has 0 unspecified atom stereocenters. The molecule has 4 rings (SSSR count). The molecule has 1 heterocycles. The molecule has 0 spiro atoms. The second kappa shape index (κ2) is 8.14. The number of fused-ring (bicyclic) bond motifs is 2. The van der Waals surface area contributed by atoms with E-state index in [9.17, 15) is 13.2 Å². The third kappa shape index (κ3) is 3.97. The Labute approximate surface area is 173 Å². The highest BCUT2D eigenvalue weighted by Crippen LogP contribution is 2.49. The molecule has 2 aliphatic carbocycles. The second-order valence-corrected chi connectivity index (χ2v) is 10.4. The summed E-state index contributed by atoms with van der Waals surface area (Å²) in [6.45, 7) is 1.54. The van der Waals surface area contributed by atoms with E-state index in [1.165, 1.54) is 56.3 Å². The highest BCUT2D eigenvalue weighted by Gasteiger charge is 2.41. The van der Waals surface area contributed by atoms with Gasteiger partial charge in [0.1, 0.15) is 0 Å². The molecule has 1 aromatic carbocycles. The van der Waals surface area contributed by atoms with Crippen molar-refractivity contribution in [1.29, 1.82) is 0 Å². The van der Waals surface area contributed by atoms with E-state index in [-0.39, 0.29) is 10.8 Å². The maximum Gasteiger partial charge on any atom is 0.243 e. The Kier molecular flexibility index (Phi) is 5.75. The molecule has 8 heteroatoms. The molecule has 0 N–H and O–H groups in total. The van der Waals surface area contributed by atoms with Crippen molar-refractivity contribution in [2.45, 2.75) is 37.0 Å². The summed E-state index contributed by atoms with van der Waals surface area (Å²) in [5, 5.41) is 0. The molecule has 7 nitrogen and oxygen atoms in total. The van der Waals surface area contributed by atoms with E-state index < -0.39 is 10.0 Å². The summed E-state index contributed by atoms with van der Waals surface area (Å²) < 4.78 is 37.9. The van der Waals surface area contributed by atoms with Gasteiger partial charge in [-0.1, -0.05) is 6.42 Å². The average molecular weight is 423 g/mol. The first-order chi connectivity index (χ1) is 13.9. The van der Waals surface area contributed by atoms with Gasteiger partial charge in [0, 0.05) is 38.7 Å². The molecule has 3 atom stereocenters. The van der Waals surface area contributed by atoms with Crippen LogP contribution in [0.5, 0.6) is 11.5 Å². The lowest BCUT2D eigenvalue weighted by atomic mass is 9.86. The Morgan fingerprint density at radius 1 is 1.03 bits per heavy atom. The van der Waals surface area contributed by atoms with Crippen molar-refractivity contribution in [3.63, 3.8) is 0 Å². The van der Waals surface area contributed by atoms with Crippen LogP contribution >= 0.6 is 0 Å². The van der Waals surface area contributed by atoms with Gasteiger partial charge in [0.05, 0.1) is 19.1 Å². The zero-order valence-electron chi connectivity index (χ0n) is 17.2. The summed E-state index contributed by atoms with van der Waals surface area (Å²) in [5.41, 5.74) is 0. The zero-order chi connectivity index (χ0) is 20.6. The quantitative estimate of drug-likeness (QED) is 0.703. The van der Waals surface area contributed by atoms with Gasteiger partial charge in [-0.05, 0) is 49.1 Å². The SMILES string of the molecule is COc1ccc(S(=O)(=O)N2CCN(C(=O)C[C@H]3C[C@H]4CC[C@@H]3C4)CC2)cc1OC. The van der Waals surface area contributed by atoms with Gasteiger partial charge in [-0.3, -0.25) is 4.79 Å². The fraction of sp³-hybridized carbons (Fsp3) is 0.667. The maximum atomic E-state index is 13.0. The monoisotopic (exact) mass is 422 g/mol. The molecule has 1 aliphatic heterocycles. The number of hydrogen-bond acceptors (Lipinski definition) is 5. The van der Waals surface area contributed by atoms with Gasteiger partial charge in [-0.15, -0.1) is 0 Å². The Balaban J connectivity index is 1.36. The average Bonchev–Trinajstić information content (AvgIpc) is 3.36. The number of sulfonamides is 1. The highest BCUT2D eigenvalue weighted by molar-refractivity contribution is 7.89. The predicted octanol–water partition coefficient (Wildman–Crippen LogP) is 2.36. The van der Waals surface area contributed by atoms with E-state index in [2.05, 4.69) is 0 Å². The van der Waals surface area contributed by atoms with Crippen LogP contribution in [-0.4, -0.2) is 63.9 Å². The van der Waals surface area contributed by atoms with Gasteiger partial charge in [-0.2, -0.15) is 4.31 Å². The van der Waals surface area contributed by atoms with Gasteiger partial charge >= 0.3 is 0 Å². The van der Waals surface area contributed by atoms with Crippen LogP contribution in [0, 0.1) is 17.8 Å². The molecular weight excluding hydrogens is 392 g/mol. The fourth-order valence-corrected chi connectivity index (χ4v) is 6.72. The summed E-state index contributed by atoms with van der Waals surface area (Å²) >= 11 is 0. The summed E-state index contributed by atoms with van der Waals surface area (Å²) in [4.78, 5) is 14.8. The smallest absolute Gasteiger partial charge is 0.243 e. The van der Waals surface area contributed by atoms with Gasteiger partial charge in [0.25, 0.3) is 0 Å². The van der Waals surface area contributed by atoms with Crippen molar-refractivity contribution in [3.8, 4) is 11.5 Å². The first-order valence-corrected chi connectivity index (χ1v) is 11.9. The minimum Gasteiger partial charge on any atom is -0.493 e. The lowest BCUT2D eigenvalue weighted by Crippen LogP contribution is -2.50. The van der Waals surface area contributed by atoms with Crippen LogP contribution in [0.2, 0.25) is 0 Å². The Morgan fingerprint density at radius 2 is 1.76 bits per heavy atom. The maximum absolute atomic E-state index is 13.0. The predicted molar refractivity (Wildman–Crippen MR) is 108 cm³/mol. The minimum absolute atomic E-state index is 0.178. The lowest BCUT2D eigenvalue weighted by molar-refractivity contribution is -0.133. The molecule has 2 bridgehead atoms. The summed E-state index contributed by atoms with van der Waals surface area (Å²) in [6.07, 6.45) is 5.74. The van der Waals surface area contributed by atoms with Gasteiger partial charge in [-0.25, -0.2) is 8.42 Å². The van der Waals surface area contributed by atoms with E-state index >= 15 is 0 Å². The molecule has 1 aromatic rings. The van der Waals surface area contributed by atoms with Crippen LogP contribution in [0.15, 0.2) is 23.1 Å². The zero-order valence-corrected chi connectivity index (χ0v) is 18.0. The minimum atomic E-state index is -3.64. The van der Waals surface area contributed by atoms with E-state index in [1.807, 2.05) is 4.90 Å². The molecule has 1 saturated heterocycles. The Bertz CT molecular complexity index is 864.